The van der Waals surface area contributed by atoms with Crippen molar-refractivity contribution in [3.8, 4) is 0 Å². The van der Waals surface area contributed by atoms with Gasteiger partial charge in [0.1, 0.15) is 0 Å². The molecule has 0 aliphatic heterocycles. The Kier molecular flexibility index (Phi) is 5.31. The lowest BCUT2D eigenvalue weighted by Gasteiger charge is -2.16. The predicted molar refractivity (Wildman–Crippen MR) is 79.0 cm³/mol. The molecule has 2 aromatic rings. The van der Waals surface area contributed by atoms with Crippen molar-refractivity contribution < 1.29 is 5.11 Å². The molecule has 1 N–H and O–H groups in total. The summed E-state index contributed by atoms with van der Waals surface area (Å²) < 4.78 is 0. The van der Waals surface area contributed by atoms with Crippen molar-refractivity contribution in [1.29, 1.82) is 0 Å². The van der Waals surface area contributed by atoms with E-state index in [1.54, 1.807) is 0 Å². The molecule has 0 unspecified atom stereocenters. The van der Waals surface area contributed by atoms with Gasteiger partial charge in [-0.1, -0.05) is 12.1 Å². The van der Waals surface area contributed by atoms with Crippen LogP contribution in [0.25, 0.3) is 10.9 Å². The topological polar surface area (TPSA) is 36.4 Å². The minimum atomic E-state index is 0.307. The van der Waals surface area contributed by atoms with E-state index in [-0.39, 0.29) is 0 Å². The maximum atomic E-state index is 8.75. The molecule has 1 aromatic carbocycles. The van der Waals surface area contributed by atoms with E-state index < -0.39 is 0 Å². The summed E-state index contributed by atoms with van der Waals surface area (Å²) in [7, 11) is 2.15. The molecule has 0 bridgehead atoms. The van der Waals surface area contributed by atoms with Crippen LogP contribution >= 0.6 is 0 Å². The first kappa shape index (κ1) is 14.0. The van der Waals surface area contributed by atoms with Gasteiger partial charge in [-0.2, -0.15) is 0 Å². The molecule has 1 aromatic heterocycles. The van der Waals surface area contributed by atoms with Gasteiger partial charge >= 0.3 is 0 Å². The molecule has 0 spiro atoms. The Bertz CT molecular complexity index is 513. The number of benzene rings is 1. The summed E-state index contributed by atoms with van der Waals surface area (Å²) in [5, 5.41) is 9.95. The largest absolute Gasteiger partial charge is 0.396 e. The van der Waals surface area contributed by atoms with Gasteiger partial charge in [0.25, 0.3) is 0 Å². The van der Waals surface area contributed by atoms with Crippen LogP contribution in [0.15, 0.2) is 36.5 Å². The summed E-state index contributed by atoms with van der Waals surface area (Å²) in [4.78, 5) is 6.66. The first-order valence-electron chi connectivity index (χ1n) is 6.92. The van der Waals surface area contributed by atoms with Crippen molar-refractivity contribution in [1.82, 2.24) is 9.88 Å². The van der Waals surface area contributed by atoms with E-state index >= 15 is 0 Å². The van der Waals surface area contributed by atoms with Crippen molar-refractivity contribution >= 4 is 10.9 Å². The minimum absolute atomic E-state index is 0.307. The van der Waals surface area contributed by atoms with Gasteiger partial charge in [0.15, 0.2) is 0 Å². The molecule has 0 aliphatic carbocycles. The van der Waals surface area contributed by atoms with Crippen LogP contribution in [0.3, 0.4) is 0 Å². The molecule has 0 fully saturated rings. The molecule has 102 valence electrons. The smallest absolute Gasteiger partial charge is 0.0702 e. The SMILES string of the molecule is CN(CCCCCO)Cc1ccc2ncccc2c1. The van der Waals surface area contributed by atoms with Crippen molar-refractivity contribution in [2.24, 2.45) is 0 Å². The van der Waals surface area contributed by atoms with E-state index in [0.29, 0.717) is 6.61 Å². The molecule has 0 saturated heterocycles. The normalized spacial score (nSPS) is 11.3. The number of aromatic nitrogens is 1. The molecule has 3 nitrogen and oxygen atoms in total. The summed E-state index contributed by atoms with van der Waals surface area (Å²) >= 11 is 0. The minimum Gasteiger partial charge on any atom is -0.396 e. The third kappa shape index (κ3) is 4.30. The van der Waals surface area contributed by atoms with Crippen LogP contribution in [0, 0.1) is 0 Å². The van der Waals surface area contributed by atoms with E-state index in [4.69, 9.17) is 5.11 Å². The van der Waals surface area contributed by atoms with Gasteiger partial charge in [-0.15, -0.1) is 0 Å². The molecular weight excluding hydrogens is 236 g/mol. The first-order chi connectivity index (χ1) is 9.29. The average molecular weight is 258 g/mol. The number of aliphatic hydroxyl groups is 1. The van der Waals surface area contributed by atoms with Crippen LogP contribution in [-0.4, -0.2) is 35.2 Å². The molecular formula is C16H22N2O. The number of hydrogen-bond donors (Lipinski definition) is 1. The highest BCUT2D eigenvalue weighted by Gasteiger charge is 2.02. The van der Waals surface area contributed by atoms with E-state index in [0.717, 1.165) is 37.9 Å². The molecule has 19 heavy (non-hydrogen) atoms. The number of unbranched alkanes of at least 4 members (excludes halogenated alkanes) is 2. The molecule has 0 atom stereocenters. The summed E-state index contributed by atoms with van der Waals surface area (Å²) in [6, 6.07) is 10.5. The van der Waals surface area contributed by atoms with E-state index in [1.165, 1.54) is 10.9 Å². The van der Waals surface area contributed by atoms with Crippen molar-refractivity contribution in [3.05, 3.63) is 42.1 Å². The fraction of sp³-hybridized carbons (Fsp3) is 0.438. The number of nitrogens with zero attached hydrogens (tertiary/aromatic N) is 2. The maximum Gasteiger partial charge on any atom is 0.0702 e. The van der Waals surface area contributed by atoms with Crippen LogP contribution in [0.1, 0.15) is 24.8 Å². The predicted octanol–water partition coefficient (Wildman–Crippen LogP) is 2.83. The Morgan fingerprint density at radius 2 is 2.05 bits per heavy atom. The van der Waals surface area contributed by atoms with E-state index in [1.807, 2.05) is 12.3 Å². The zero-order valence-electron chi connectivity index (χ0n) is 11.5. The highest BCUT2D eigenvalue weighted by atomic mass is 16.2. The Hall–Kier alpha value is -1.45. The lowest BCUT2D eigenvalue weighted by Crippen LogP contribution is -2.19. The van der Waals surface area contributed by atoms with Crippen molar-refractivity contribution in [2.45, 2.75) is 25.8 Å². The second kappa shape index (κ2) is 7.22. The summed E-state index contributed by atoms with van der Waals surface area (Å²) in [5.74, 6) is 0. The van der Waals surface area contributed by atoms with Crippen LogP contribution in [0.4, 0.5) is 0 Å². The third-order valence-electron chi connectivity index (χ3n) is 3.32. The van der Waals surface area contributed by atoms with Gasteiger partial charge in [-0.25, -0.2) is 0 Å². The molecule has 0 aliphatic rings. The van der Waals surface area contributed by atoms with Gasteiger partial charge in [0.2, 0.25) is 0 Å². The highest BCUT2D eigenvalue weighted by Crippen LogP contribution is 2.14. The lowest BCUT2D eigenvalue weighted by molar-refractivity contribution is 0.271. The molecule has 0 radical (unpaired) electrons. The number of rotatable bonds is 7. The monoisotopic (exact) mass is 258 g/mol. The molecule has 0 saturated carbocycles. The summed E-state index contributed by atoms with van der Waals surface area (Å²) in [6.07, 6.45) is 4.99. The maximum absolute atomic E-state index is 8.75. The molecule has 2 rings (SSSR count). The Balaban J connectivity index is 1.89. The molecule has 0 amide bonds. The van der Waals surface area contributed by atoms with Gasteiger partial charge in [0.05, 0.1) is 5.52 Å². The first-order valence-corrected chi connectivity index (χ1v) is 6.92. The van der Waals surface area contributed by atoms with Gasteiger partial charge in [-0.3, -0.25) is 4.98 Å². The second-order valence-electron chi connectivity index (χ2n) is 5.05. The molecule has 3 heteroatoms. The van der Waals surface area contributed by atoms with Crippen LogP contribution in [0.2, 0.25) is 0 Å². The van der Waals surface area contributed by atoms with E-state index in [9.17, 15) is 0 Å². The number of pyridine rings is 1. The molecule has 1 heterocycles. The summed E-state index contributed by atoms with van der Waals surface area (Å²) in [6.45, 7) is 2.34. The Morgan fingerprint density at radius 1 is 1.16 bits per heavy atom. The number of fused-ring (bicyclic) bond motifs is 1. The standard InChI is InChI=1S/C16H22N2O/c1-18(10-3-2-4-11-19)13-14-7-8-16-15(12-14)6-5-9-17-16/h5-9,12,19H,2-4,10-11,13H2,1H3. The second-order valence-corrected chi connectivity index (χ2v) is 5.05. The average Bonchev–Trinajstić information content (AvgIpc) is 2.43. The summed E-state index contributed by atoms with van der Waals surface area (Å²) in [5.41, 5.74) is 2.38. The number of aliphatic hydroxyl groups excluding tert-OH is 1. The lowest BCUT2D eigenvalue weighted by atomic mass is 10.1. The Labute approximate surface area is 114 Å². The van der Waals surface area contributed by atoms with Gasteiger partial charge in [0, 0.05) is 24.7 Å². The van der Waals surface area contributed by atoms with Gasteiger partial charge in [-0.05, 0) is 56.6 Å². The fourth-order valence-electron chi connectivity index (χ4n) is 2.28. The Morgan fingerprint density at radius 3 is 2.89 bits per heavy atom. The van der Waals surface area contributed by atoms with Crippen molar-refractivity contribution in [3.63, 3.8) is 0 Å². The van der Waals surface area contributed by atoms with Crippen LogP contribution in [-0.2, 0) is 6.54 Å². The van der Waals surface area contributed by atoms with Crippen LogP contribution < -0.4 is 0 Å². The highest BCUT2D eigenvalue weighted by molar-refractivity contribution is 5.78. The zero-order chi connectivity index (χ0) is 13.5. The quantitative estimate of drug-likeness (QED) is 0.776. The number of hydrogen-bond acceptors (Lipinski definition) is 3. The van der Waals surface area contributed by atoms with Crippen LogP contribution in [0.5, 0.6) is 0 Å². The zero-order valence-corrected chi connectivity index (χ0v) is 11.5. The van der Waals surface area contributed by atoms with E-state index in [2.05, 4.69) is 41.2 Å². The third-order valence-corrected chi connectivity index (χ3v) is 3.32. The van der Waals surface area contributed by atoms with Gasteiger partial charge < -0.3 is 10.0 Å². The van der Waals surface area contributed by atoms with Crippen molar-refractivity contribution in [2.75, 3.05) is 20.2 Å². The fourth-order valence-corrected chi connectivity index (χ4v) is 2.28.